The zero-order valence-corrected chi connectivity index (χ0v) is 12.4. The van der Waals surface area contributed by atoms with Crippen LogP contribution >= 0.6 is 0 Å². The predicted molar refractivity (Wildman–Crippen MR) is 80.2 cm³/mol. The molecule has 1 fully saturated rings. The van der Waals surface area contributed by atoms with E-state index in [9.17, 15) is 4.79 Å². The maximum Gasteiger partial charge on any atom is 0.253 e. The van der Waals surface area contributed by atoms with Crippen molar-refractivity contribution in [3.05, 3.63) is 29.8 Å². The molecule has 21 heavy (non-hydrogen) atoms. The predicted octanol–water partition coefficient (Wildman–Crippen LogP) is 1.76. The van der Waals surface area contributed by atoms with Crippen LogP contribution in [0.15, 0.2) is 24.3 Å². The van der Waals surface area contributed by atoms with Crippen molar-refractivity contribution in [3.8, 4) is 11.8 Å². The highest BCUT2D eigenvalue weighted by Crippen LogP contribution is 2.14. The fraction of sp³-hybridized carbons (Fsp3) is 0.500. The normalized spacial score (nSPS) is 15.5. The summed E-state index contributed by atoms with van der Waals surface area (Å²) in [4.78, 5) is 16.5. The number of nitrogens with zero attached hydrogens (tertiary/aromatic N) is 3. The van der Waals surface area contributed by atoms with Gasteiger partial charge in [0.15, 0.2) is 0 Å². The molecule has 2 rings (SSSR count). The molecule has 1 amide bonds. The molecule has 0 saturated carbocycles. The second-order valence-corrected chi connectivity index (χ2v) is 5.00. The molecule has 5 heteroatoms. The number of carbonyl (C=O) groups excluding carboxylic acids is 1. The standard InChI is InChI=1S/C16H21N3O2/c1-2-21-15-6-4-14(5-7-15)16(20)19-12-10-18(11-13-19)9-3-8-17/h4-7H,2-3,9-13H2,1H3. The van der Waals surface area contributed by atoms with Crippen LogP contribution in [0.4, 0.5) is 0 Å². The number of benzene rings is 1. The highest BCUT2D eigenvalue weighted by atomic mass is 16.5. The molecule has 1 aromatic rings. The molecule has 112 valence electrons. The van der Waals surface area contributed by atoms with Crippen LogP contribution in [0.3, 0.4) is 0 Å². The SMILES string of the molecule is CCOc1ccc(C(=O)N2CCN(CCC#N)CC2)cc1. The summed E-state index contributed by atoms with van der Waals surface area (Å²) >= 11 is 0. The van der Waals surface area contributed by atoms with Crippen molar-refractivity contribution in [2.75, 3.05) is 39.3 Å². The average molecular weight is 287 g/mol. The van der Waals surface area contributed by atoms with Gasteiger partial charge in [-0.2, -0.15) is 5.26 Å². The maximum atomic E-state index is 12.4. The van der Waals surface area contributed by atoms with Crippen LogP contribution < -0.4 is 4.74 Å². The van der Waals surface area contributed by atoms with Gasteiger partial charge in [0, 0.05) is 44.7 Å². The summed E-state index contributed by atoms with van der Waals surface area (Å²) in [6, 6.07) is 9.45. The van der Waals surface area contributed by atoms with Crippen molar-refractivity contribution in [1.29, 1.82) is 5.26 Å². The summed E-state index contributed by atoms with van der Waals surface area (Å²) < 4.78 is 5.38. The smallest absolute Gasteiger partial charge is 0.253 e. The van der Waals surface area contributed by atoms with Gasteiger partial charge in [-0.1, -0.05) is 0 Å². The molecule has 0 spiro atoms. The first-order valence-electron chi connectivity index (χ1n) is 7.36. The number of ether oxygens (including phenoxy) is 1. The lowest BCUT2D eigenvalue weighted by atomic mass is 10.1. The molecule has 0 N–H and O–H groups in total. The fourth-order valence-corrected chi connectivity index (χ4v) is 2.43. The molecule has 1 heterocycles. The Labute approximate surface area is 125 Å². The topological polar surface area (TPSA) is 56.6 Å². The zero-order chi connectivity index (χ0) is 15.1. The van der Waals surface area contributed by atoms with Crippen molar-refractivity contribution in [3.63, 3.8) is 0 Å². The van der Waals surface area contributed by atoms with E-state index in [1.165, 1.54) is 0 Å². The number of nitriles is 1. The molecule has 1 aliphatic rings. The number of amides is 1. The Hall–Kier alpha value is -2.06. The summed E-state index contributed by atoms with van der Waals surface area (Å²) in [6.07, 6.45) is 0.548. The average Bonchev–Trinajstić information content (AvgIpc) is 2.54. The molecule has 5 nitrogen and oxygen atoms in total. The van der Waals surface area contributed by atoms with Gasteiger partial charge in [0.05, 0.1) is 12.7 Å². The molecule has 0 bridgehead atoms. The molecule has 0 aromatic heterocycles. The van der Waals surface area contributed by atoms with Gasteiger partial charge in [0.1, 0.15) is 5.75 Å². The molecule has 0 unspecified atom stereocenters. The molecule has 1 aliphatic heterocycles. The first-order chi connectivity index (χ1) is 10.2. The van der Waals surface area contributed by atoms with Gasteiger partial charge in [-0.3, -0.25) is 9.69 Å². The van der Waals surface area contributed by atoms with Crippen molar-refractivity contribution >= 4 is 5.91 Å². The molecular weight excluding hydrogens is 266 g/mol. The van der Waals surface area contributed by atoms with E-state index in [1.54, 1.807) is 0 Å². The molecule has 1 saturated heterocycles. The highest BCUT2D eigenvalue weighted by molar-refractivity contribution is 5.94. The van der Waals surface area contributed by atoms with Crippen LogP contribution in [0.5, 0.6) is 5.75 Å². The van der Waals surface area contributed by atoms with E-state index in [0.29, 0.717) is 18.6 Å². The van der Waals surface area contributed by atoms with Crippen LogP contribution in [0.25, 0.3) is 0 Å². The molecular formula is C16H21N3O2. The van der Waals surface area contributed by atoms with Crippen LogP contribution in [0, 0.1) is 11.3 Å². The molecule has 0 aliphatic carbocycles. The van der Waals surface area contributed by atoms with Gasteiger partial charge in [-0.05, 0) is 31.2 Å². The third kappa shape index (κ3) is 4.20. The van der Waals surface area contributed by atoms with Gasteiger partial charge in [0.25, 0.3) is 5.91 Å². The third-order valence-electron chi connectivity index (χ3n) is 3.61. The summed E-state index contributed by atoms with van der Waals surface area (Å²) in [5, 5.41) is 8.59. The second-order valence-electron chi connectivity index (χ2n) is 5.00. The number of hydrogen-bond donors (Lipinski definition) is 0. The third-order valence-corrected chi connectivity index (χ3v) is 3.61. The Morgan fingerprint density at radius 1 is 1.24 bits per heavy atom. The molecule has 1 aromatic carbocycles. The van der Waals surface area contributed by atoms with E-state index in [-0.39, 0.29) is 5.91 Å². The Morgan fingerprint density at radius 2 is 1.90 bits per heavy atom. The summed E-state index contributed by atoms with van der Waals surface area (Å²) in [6.45, 7) is 6.47. The van der Waals surface area contributed by atoms with Crippen molar-refractivity contribution in [1.82, 2.24) is 9.80 Å². The molecule has 0 radical (unpaired) electrons. The van der Waals surface area contributed by atoms with E-state index in [0.717, 1.165) is 38.5 Å². The maximum absolute atomic E-state index is 12.4. The summed E-state index contributed by atoms with van der Waals surface area (Å²) in [5.41, 5.74) is 0.698. The number of carbonyl (C=O) groups is 1. The lowest BCUT2D eigenvalue weighted by Gasteiger charge is -2.34. The largest absolute Gasteiger partial charge is 0.494 e. The number of hydrogen-bond acceptors (Lipinski definition) is 4. The van der Waals surface area contributed by atoms with Crippen molar-refractivity contribution in [2.24, 2.45) is 0 Å². The summed E-state index contributed by atoms with van der Waals surface area (Å²) in [5.74, 6) is 0.855. The number of rotatable bonds is 5. The van der Waals surface area contributed by atoms with E-state index in [4.69, 9.17) is 10.00 Å². The minimum Gasteiger partial charge on any atom is -0.494 e. The zero-order valence-electron chi connectivity index (χ0n) is 12.4. The van der Waals surface area contributed by atoms with Gasteiger partial charge in [-0.25, -0.2) is 0 Å². The fourth-order valence-electron chi connectivity index (χ4n) is 2.43. The van der Waals surface area contributed by atoms with Gasteiger partial charge in [-0.15, -0.1) is 0 Å². The first-order valence-corrected chi connectivity index (χ1v) is 7.36. The van der Waals surface area contributed by atoms with E-state index >= 15 is 0 Å². The molecule has 0 atom stereocenters. The van der Waals surface area contributed by atoms with Crippen LogP contribution in [-0.2, 0) is 0 Å². The van der Waals surface area contributed by atoms with E-state index < -0.39 is 0 Å². The highest BCUT2D eigenvalue weighted by Gasteiger charge is 2.21. The first kappa shape index (κ1) is 15.3. The Balaban J connectivity index is 1.88. The van der Waals surface area contributed by atoms with E-state index in [2.05, 4.69) is 11.0 Å². The van der Waals surface area contributed by atoms with Crippen LogP contribution in [-0.4, -0.2) is 55.0 Å². The van der Waals surface area contributed by atoms with Crippen LogP contribution in [0.2, 0.25) is 0 Å². The van der Waals surface area contributed by atoms with Crippen molar-refractivity contribution in [2.45, 2.75) is 13.3 Å². The van der Waals surface area contributed by atoms with E-state index in [1.807, 2.05) is 36.1 Å². The lowest BCUT2D eigenvalue weighted by Crippen LogP contribution is -2.48. The Morgan fingerprint density at radius 3 is 2.48 bits per heavy atom. The minimum atomic E-state index is 0.0676. The summed E-state index contributed by atoms with van der Waals surface area (Å²) in [7, 11) is 0. The second kappa shape index (κ2) is 7.65. The Kier molecular flexibility index (Phi) is 5.59. The van der Waals surface area contributed by atoms with Gasteiger partial charge in [0.2, 0.25) is 0 Å². The minimum absolute atomic E-state index is 0.0676. The van der Waals surface area contributed by atoms with Gasteiger partial charge < -0.3 is 9.64 Å². The van der Waals surface area contributed by atoms with Crippen LogP contribution in [0.1, 0.15) is 23.7 Å². The van der Waals surface area contributed by atoms with Crippen molar-refractivity contribution < 1.29 is 9.53 Å². The lowest BCUT2D eigenvalue weighted by molar-refractivity contribution is 0.0639. The monoisotopic (exact) mass is 287 g/mol. The quantitative estimate of drug-likeness (QED) is 0.828. The Bertz CT molecular complexity index is 499. The number of piperazine rings is 1. The van der Waals surface area contributed by atoms with Gasteiger partial charge >= 0.3 is 0 Å².